The van der Waals surface area contributed by atoms with Crippen LogP contribution in [0.15, 0.2) is 18.2 Å². The van der Waals surface area contributed by atoms with Crippen molar-refractivity contribution in [1.82, 2.24) is 4.90 Å². The molecule has 0 aromatic heterocycles. The minimum absolute atomic E-state index is 0.140. The molecule has 1 atom stereocenters. The van der Waals surface area contributed by atoms with Crippen LogP contribution in [-0.4, -0.2) is 24.5 Å². The van der Waals surface area contributed by atoms with Crippen molar-refractivity contribution < 1.29 is 0 Å². The molecule has 2 heteroatoms. The maximum Gasteiger partial charge on any atom is 0.0426 e. The van der Waals surface area contributed by atoms with Crippen LogP contribution in [0.25, 0.3) is 0 Å². The summed E-state index contributed by atoms with van der Waals surface area (Å²) in [4.78, 5) is 2.42. The van der Waals surface area contributed by atoms with Gasteiger partial charge in [-0.05, 0) is 44.9 Å². The van der Waals surface area contributed by atoms with Gasteiger partial charge < -0.3 is 10.6 Å². The highest BCUT2D eigenvalue weighted by molar-refractivity contribution is 5.32. The van der Waals surface area contributed by atoms with Gasteiger partial charge in [0.2, 0.25) is 0 Å². The smallest absolute Gasteiger partial charge is 0.0426 e. The second-order valence-corrected chi connectivity index (χ2v) is 5.49. The van der Waals surface area contributed by atoms with E-state index in [1.165, 1.54) is 36.0 Å². The lowest BCUT2D eigenvalue weighted by Gasteiger charge is -2.36. The average molecular weight is 232 g/mol. The van der Waals surface area contributed by atoms with Crippen molar-refractivity contribution in [1.29, 1.82) is 0 Å². The molecule has 2 N–H and O–H groups in total. The Bertz CT molecular complexity index is 383. The Labute approximate surface area is 105 Å². The first-order chi connectivity index (χ1) is 8.08. The van der Waals surface area contributed by atoms with E-state index in [-0.39, 0.29) is 6.04 Å². The van der Waals surface area contributed by atoms with Crippen LogP contribution in [0, 0.1) is 13.8 Å². The Hall–Kier alpha value is -0.860. The molecule has 0 spiro atoms. The number of nitrogens with two attached hydrogens (primary N) is 1. The Balaban J connectivity index is 2.00. The molecule has 1 fully saturated rings. The van der Waals surface area contributed by atoms with Crippen LogP contribution in [-0.2, 0) is 0 Å². The normalized spacial score (nSPS) is 18.2. The fourth-order valence-corrected chi connectivity index (χ4v) is 2.63. The van der Waals surface area contributed by atoms with Gasteiger partial charge >= 0.3 is 0 Å². The van der Waals surface area contributed by atoms with E-state index >= 15 is 0 Å². The molecule has 1 aliphatic carbocycles. The van der Waals surface area contributed by atoms with E-state index in [0.29, 0.717) is 0 Å². The van der Waals surface area contributed by atoms with Gasteiger partial charge in [-0.15, -0.1) is 0 Å². The maximum absolute atomic E-state index is 6.32. The molecule has 0 heterocycles. The fraction of sp³-hybridized carbons (Fsp3) is 0.600. The predicted molar refractivity (Wildman–Crippen MR) is 73.1 cm³/mol. The summed E-state index contributed by atoms with van der Waals surface area (Å²) < 4.78 is 0. The third kappa shape index (κ3) is 2.88. The summed E-state index contributed by atoms with van der Waals surface area (Å²) in [5, 5.41) is 0. The van der Waals surface area contributed by atoms with Crippen LogP contribution in [0.1, 0.15) is 42.0 Å². The highest BCUT2D eigenvalue weighted by Crippen LogP contribution is 2.25. The molecule has 1 unspecified atom stereocenters. The molecule has 0 saturated heterocycles. The van der Waals surface area contributed by atoms with Crippen LogP contribution >= 0.6 is 0 Å². The summed E-state index contributed by atoms with van der Waals surface area (Å²) in [6.07, 6.45) is 4.07. The molecule has 0 aliphatic heterocycles. The quantitative estimate of drug-likeness (QED) is 0.865. The van der Waals surface area contributed by atoms with E-state index < -0.39 is 0 Å². The van der Waals surface area contributed by atoms with Crippen molar-refractivity contribution in [2.45, 2.75) is 45.2 Å². The summed E-state index contributed by atoms with van der Waals surface area (Å²) in [5.41, 5.74) is 10.2. The SMILES string of the molecule is Cc1ccc(C(N)CN(C)C2CCC2)c(C)c1. The zero-order chi connectivity index (χ0) is 12.4. The summed E-state index contributed by atoms with van der Waals surface area (Å²) in [6.45, 7) is 5.25. The third-order valence-corrected chi connectivity index (χ3v) is 4.01. The number of hydrogen-bond donors (Lipinski definition) is 1. The predicted octanol–water partition coefficient (Wildman–Crippen LogP) is 2.79. The largest absolute Gasteiger partial charge is 0.323 e. The topological polar surface area (TPSA) is 29.3 Å². The molecule has 1 aromatic carbocycles. The first-order valence-electron chi connectivity index (χ1n) is 6.61. The molecule has 0 radical (unpaired) electrons. The number of aryl methyl sites for hydroxylation is 2. The van der Waals surface area contributed by atoms with Gasteiger partial charge in [0, 0.05) is 18.6 Å². The minimum atomic E-state index is 0.140. The van der Waals surface area contributed by atoms with Crippen molar-refractivity contribution in [2.75, 3.05) is 13.6 Å². The van der Waals surface area contributed by atoms with E-state index in [2.05, 4.69) is 44.0 Å². The molecule has 0 amide bonds. The van der Waals surface area contributed by atoms with Gasteiger partial charge in [0.25, 0.3) is 0 Å². The average Bonchev–Trinajstić information content (AvgIpc) is 2.13. The molecule has 0 bridgehead atoms. The van der Waals surface area contributed by atoms with E-state index in [9.17, 15) is 0 Å². The van der Waals surface area contributed by atoms with Gasteiger partial charge in [-0.3, -0.25) is 0 Å². The van der Waals surface area contributed by atoms with Gasteiger partial charge in [-0.25, -0.2) is 0 Å². The minimum Gasteiger partial charge on any atom is -0.323 e. The van der Waals surface area contributed by atoms with E-state index in [1.54, 1.807) is 0 Å². The Morgan fingerprint density at radius 3 is 2.59 bits per heavy atom. The first-order valence-corrected chi connectivity index (χ1v) is 6.61. The lowest BCUT2D eigenvalue weighted by molar-refractivity contribution is 0.151. The molecule has 2 rings (SSSR count). The van der Waals surface area contributed by atoms with Crippen molar-refractivity contribution in [3.05, 3.63) is 34.9 Å². The summed E-state index contributed by atoms with van der Waals surface area (Å²) in [5.74, 6) is 0. The Morgan fingerprint density at radius 1 is 1.35 bits per heavy atom. The number of rotatable bonds is 4. The van der Waals surface area contributed by atoms with Gasteiger partial charge in [-0.2, -0.15) is 0 Å². The fourth-order valence-electron chi connectivity index (χ4n) is 2.63. The van der Waals surface area contributed by atoms with Gasteiger partial charge in [0.15, 0.2) is 0 Å². The van der Waals surface area contributed by atoms with Crippen molar-refractivity contribution in [2.24, 2.45) is 5.73 Å². The monoisotopic (exact) mass is 232 g/mol. The van der Waals surface area contributed by atoms with Crippen LogP contribution < -0.4 is 5.73 Å². The van der Waals surface area contributed by atoms with Crippen molar-refractivity contribution >= 4 is 0 Å². The second kappa shape index (κ2) is 5.19. The van der Waals surface area contributed by atoms with Crippen LogP contribution in [0.2, 0.25) is 0 Å². The molecule has 94 valence electrons. The van der Waals surface area contributed by atoms with Gasteiger partial charge in [-0.1, -0.05) is 30.2 Å². The van der Waals surface area contributed by atoms with E-state index in [1.807, 2.05) is 0 Å². The summed E-state index contributed by atoms with van der Waals surface area (Å²) in [6, 6.07) is 7.47. The number of likely N-dealkylation sites (N-methyl/N-ethyl adjacent to an activating group) is 1. The molecule has 17 heavy (non-hydrogen) atoms. The molecular weight excluding hydrogens is 208 g/mol. The van der Waals surface area contributed by atoms with Crippen LogP contribution in [0.5, 0.6) is 0 Å². The molecule has 1 aromatic rings. The van der Waals surface area contributed by atoms with Crippen molar-refractivity contribution in [3.63, 3.8) is 0 Å². The van der Waals surface area contributed by atoms with Gasteiger partial charge in [0.1, 0.15) is 0 Å². The third-order valence-electron chi connectivity index (χ3n) is 4.01. The Morgan fingerprint density at radius 2 is 2.06 bits per heavy atom. The lowest BCUT2D eigenvalue weighted by atomic mass is 9.91. The molecule has 2 nitrogen and oxygen atoms in total. The first kappa shape index (κ1) is 12.6. The Kier molecular flexibility index (Phi) is 3.85. The molecule has 1 aliphatic rings. The van der Waals surface area contributed by atoms with Crippen LogP contribution in [0.3, 0.4) is 0 Å². The molecular formula is C15H24N2. The summed E-state index contributed by atoms with van der Waals surface area (Å²) >= 11 is 0. The zero-order valence-electron chi connectivity index (χ0n) is 11.2. The van der Waals surface area contributed by atoms with Crippen molar-refractivity contribution in [3.8, 4) is 0 Å². The lowest BCUT2D eigenvalue weighted by Crippen LogP contribution is -2.41. The second-order valence-electron chi connectivity index (χ2n) is 5.49. The number of nitrogens with zero attached hydrogens (tertiary/aromatic N) is 1. The molecule has 1 saturated carbocycles. The van der Waals surface area contributed by atoms with E-state index in [4.69, 9.17) is 5.73 Å². The van der Waals surface area contributed by atoms with E-state index in [0.717, 1.165) is 12.6 Å². The standard InChI is InChI=1S/C15H24N2/c1-11-7-8-14(12(2)9-11)15(16)10-17(3)13-5-4-6-13/h7-9,13,15H,4-6,10,16H2,1-3H3. The summed E-state index contributed by atoms with van der Waals surface area (Å²) in [7, 11) is 2.20. The van der Waals surface area contributed by atoms with Gasteiger partial charge in [0.05, 0.1) is 0 Å². The highest BCUT2D eigenvalue weighted by atomic mass is 15.1. The number of hydrogen-bond acceptors (Lipinski definition) is 2. The zero-order valence-corrected chi connectivity index (χ0v) is 11.2. The number of benzene rings is 1. The highest BCUT2D eigenvalue weighted by Gasteiger charge is 2.23. The maximum atomic E-state index is 6.32. The van der Waals surface area contributed by atoms with Crippen LogP contribution in [0.4, 0.5) is 0 Å².